The molecule has 130 valence electrons. The summed E-state index contributed by atoms with van der Waals surface area (Å²) < 4.78 is 0. The second kappa shape index (κ2) is 8.95. The van der Waals surface area contributed by atoms with E-state index < -0.39 is 0 Å². The zero-order chi connectivity index (χ0) is 17.6. The Morgan fingerprint density at radius 2 is 1.52 bits per heavy atom. The Kier molecular flexibility index (Phi) is 7.60. The summed E-state index contributed by atoms with van der Waals surface area (Å²) in [5, 5.41) is 13.6. The van der Waals surface area contributed by atoms with Gasteiger partial charge in [0, 0.05) is 12.5 Å². The van der Waals surface area contributed by atoms with Crippen LogP contribution in [-0.4, -0.2) is 17.1 Å². The van der Waals surface area contributed by atoms with Gasteiger partial charge in [-0.1, -0.05) is 39.8 Å². The van der Waals surface area contributed by atoms with Crippen LogP contribution in [0.3, 0.4) is 0 Å². The van der Waals surface area contributed by atoms with Crippen molar-refractivity contribution in [2.75, 3.05) is 0 Å². The lowest BCUT2D eigenvalue weighted by Crippen LogP contribution is -2.30. The third kappa shape index (κ3) is 5.56. The third-order valence-electron chi connectivity index (χ3n) is 4.61. The largest absolute Gasteiger partial charge is 0.507 e. The van der Waals surface area contributed by atoms with Crippen molar-refractivity contribution in [2.45, 2.75) is 85.1 Å². The third-order valence-corrected chi connectivity index (χ3v) is 4.61. The van der Waals surface area contributed by atoms with Gasteiger partial charge in [0.25, 0.3) is 0 Å². The molecule has 1 aromatic rings. The molecule has 0 radical (unpaired) electrons. The average Bonchev–Trinajstić information content (AvgIpc) is 2.51. The lowest BCUT2D eigenvalue weighted by atomic mass is 9.87. The van der Waals surface area contributed by atoms with E-state index in [-0.39, 0.29) is 11.9 Å². The molecular weight excluding hydrogens is 286 g/mol. The molecule has 0 aliphatic rings. The van der Waals surface area contributed by atoms with Crippen LogP contribution in [0.5, 0.6) is 5.75 Å². The molecule has 0 aliphatic heterocycles. The number of benzene rings is 1. The van der Waals surface area contributed by atoms with E-state index in [1.807, 2.05) is 13.8 Å². The van der Waals surface area contributed by atoms with Crippen molar-refractivity contribution >= 4 is 5.91 Å². The zero-order valence-electron chi connectivity index (χ0n) is 15.6. The van der Waals surface area contributed by atoms with Gasteiger partial charge in [-0.15, -0.1) is 0 Å². The molecule has 0 aromatic heterocycles. The topological polar surface area (TPSA) is 49.3 Å². The monoisotopic (exact) mass is 319 g/mol. The van der Waals surface area contributed by atoms with Crippen LogP contribution in [0.15, 0.2) is 12.1 Å². The maximum atomic E-state index is 11.9. The first-order valence-electron chi connectivity index (χ1n) is 8.95. The maximum absolute atomic E-state index is 11.9. The van der Waals surface area contributed by atoms with E-state index >= 15 is 0 Å². The molecule has 1 amide bonds. The van der Waals surface area contributed by atoms with Crippen LogP contribution in [0.25, 0.3) is 0 Å². The Bertz CT molecular complexity index is 491. The molecule has 0 heterocycles. The Labute approximate surface area is 141 Å². The smallest absolute Gasteiger partial charge is 0.220 e. The molecular formula is C20H33NO2. The van der Waals surface area contributed by atoms with E-state index in [0.717, 1.165) is 29.5 Å². The molecule has 1 aromatic carbocycles. The molecule has 0 spiro atoms. The van der Waals surface area contributed by atoms with Gasteiger partial charge in [0.2, 0.25) is 5.91 Å². The first-order chi connectivity index (χ1) is 10.8. The summed E-state index contributed by atoms with van der Waals surface area (Å²) in [5.74, 6) is 1.18. The van der Waals surface area contributed by atoms with Crippen LogP contribution in [0.1, 0.15) is 89.3 Å². The number of phenols is 1. The minimum Gasteiger partial charge on any atom is -0.507 e. The van der Waals surface area contributed by atoms with Crippen LogP contribution in [0.2, 0.25) is 0 Å². The fourth-order valence-corrected chi connectivity index (χ4v) is 2.73. The first kappa shape index (κ1) is 19.5. The van der Waals surface area contributed by atoms with E-state index in [4.69, 9.17) is 0 Å². The number of hydrogen-bond donors (Lipinski definition) is 2. The summed E-state index contributed by atoms with van der Waals surface area (Å²) in [4.78, 5) is 11.9. The number of rotatable bonds is 8. The van der Waals surface area contributed by atoms with Crippen molar-refractivity contribution in [2.24, 2.45) is 0 Å². The van der Waals surface area contributed by atoms with Crippen molar-refractivity contribution in [1.29, 1.82) is 0 Å². The molecule has 23 heavy (non-hydrogen) atoms. The highest BCUT2D eigenvalue weighted by Crippen LogP contribution is 2.37. The highest BCUT2D eigenvalue weighted by atomic mass is 16.3. The zero-order valence-corrected chi connectivity index (χ0v) is 15.6. The van der Waals surface area contributed by atoms with Gasteiger partial charge in [0.15, 0.2) is 0 Å². The molecule has 1 rings (SSSR count). The van der Waals surface area contributed by atoms with Gasteiger partial charge in [-0.2, -0.15) is 0 Å². The molecule has 3 nitrogen and oxygen atoms in total. The van der Waals surface area contributed by atoms with E-state index in [0.29, 0.717) is 30.4 Å². The standard InChI is InChI=1S/C20H33NO2/c1-7-14(5)17-11-16(9-10-19(22)21-13(3)4)12-18(20(17)23)15(6)8-2/h11-15,23H,7-10H2,1-6H3,(H,21,22). The fourth-order valence-electron chi connectivity index (χ4n) is 2.73. The number of hydrogen-bond acceptors (Lipinski definition) is 2. The Morgan fingerprint density at radius 1 is 1.04 bits per heavy atom. The normalized spacial score (nSPS) is 13.9. The SMILES string of the molecule is CCC(C)c1cc(CCC(=O)NC(C)C)cc(C(C)CC)c1O. The van der Waals surface area contributed by atoms with Gasteiger partial charge in [-0.3, -0.25) is 4.79 Å². The van der Waals surface area contributed by atoms with Gasteiger partial charge >= 0.3 is 0 Å². The predicted molar refractivity (Wildman–Crippen MR) is 97.1 cm³/mol. The van der Waals surface area contributed by atoms with E-state index in [2.05, 4.69) is 45.1 Å². The molecule has 2 N–H and O–H groups in total. The van der Waals surface area contributed by atoms with Crippen LogP contribution >= 0.6 is 0 Å². The van der Waals surface area contributed by atoms with Crippen molar-refractivity contribution in [1.82, 2.24) is 5.32 Å². The van der Waals surface area contributed by atoms with Gasteiger partial charge in [0.1, 0.15) is 5.75 Å². The molecule has 2 atom stereocenters. The molecule has 0 bridgehead atoms. The summed E-state index contributed by atoms with van der Waals surface area (Å²) in [6, 6.07) is 4.34. The maximum Gasteiger partial charge on any atom is 0.220 e. The first-order valence-corrected chi connectivity index (χ1v) is 8.95. The second-order valence-corrected chi connectivity index (χ2v) is 6.96. The summed E-state index contributed by atoms with van der Waals surface area (Å²) in [7, 11) is 0. The Morgan fingerprint density at radius 3 is 1.91 bits per heavy atom. The average molecular weight is 319 g/mol. The predicted octanol–water partition coefficient (Wildman–Crippen LogP) is 4.88. The van der Waals surface area contributed by atoms with Crippen molar-refractivity contribution in [3.8, 4) is 5.75 Å². The number of nitrogens with one attached hydrogen (secondary N) is 1. The molecule has 0 aliphatic carbocycles. The molecule has 2 unspecified atom stereocenters. The van der Waals surface area contributed by atoms with E-state index in [1.165, 1.54) is 0 Å². The number of carbonyl (C=O) groups excluding carboxylic acids is 1. The molecule has 3 heteroatoms. The van der Waals surface area contributed by atoms with E-state index in [1.54, 1.807) is 0 Å². The Hall–Kier alpha value is -1.51. The Balaban J connectivity index is 3.05. The number of phenolic OH excluding ortho intramolecular Hbond substituents is 1. The van der Waals surface area contributed by atoms with Gasteiger partial charge < -0.3 is 10.4 Å². The van der Waals surface area contributed by atoms with Gasteiger partial charge in [-0.25, -0.2) is 0 Å². The van der Waals surface area contributed by atoms with Crippen LogP contribution in [0, 0.1) is 0 Å². The van der Waals surface area contributed by atoms with Gasteiger partial charge in [0.05, 0.1) is 0 Å². The lowest BCUT2D eigenvalue weighted by Gasteiger charge is -2.20. The van der Waals surface area contributed by atoms with Crippen molar-refractivity contribution in [3.05, 3.63) is 28.8 Å². The minimum atomic E-state index is 0.0863. The molecule has 0 saturated carbocycles. The highest BCUT2D eigenvalue weighted by Gasteiger charge is 2.18. The summed E-state index contributed by atoms with van der Waals surface area (Å²) >= 11 is 0. The highest BCUT2D eigenvalue weighted by molar-refractivity contribution is 5.76. The van der Waals surface area contributed by atoms with Crippen LogP contribution < -0.4 is 5.32 Å². The van der Waals surface area contributed by atoms with Crippen LogP contribution in [-0.2, 0) is 11.2 Å². The molecule has 0 saturated heterocycles. The fraction of sp³-hybridized carbons (Fsp3) is 0.650. The summed E-state index contributed by atoms with van der Waals surface area (Å²) in [6.07, 6.45) is 3.18. The number of aryl methyl sites for hydroxylation is 1. The van der Waals surface area contributed by atoms with Crippen molar-refractivity contribution < 1.29 is 9.90 Å². The summed E-state index contributed by atoms with van der Waals surface area (Å²) in [5.41, 5.74) is 3.18. The molecule has 0 fully saturated rings. The number of aromatic hydroxyl groups is 1. The number of amides is 1. The minimum absolute atomic E-state index is 0.0863. The quantitative estimate of drug-likeness (QED) is 0.717. The van der Waals surface area contributed by atoms with Gasteiger partial charge in [-0.05, 0) is 61.6 Å². The van der Waals surface area contributed by atoms with Crippen molar-refractivity contribution in [3.63, 3.8) is 0 Å². The lowest BCUT2D eigenvalue weighted by molar-refractivity contribution is -0.121. The second-order valence-electron chi connectivity index (χ2n) is 6.96. The van der Waals surface area contributed by atoms with E-state index in [9.17, 15) is 9.90 Å². The summed E-state index contributed by atoms with van der Waals surface area (Å²) in [6.45, 7) is 12.5. The number of carbonyl (C=O) groups is 1. The van der Waals surface area contributed by atoms with Crippen LogP contribution in [0.4, 0.5) is 0 Å².